The SMILES string of the molecule is CN1CCN(C(=O)C=Cc2cn(Cc3ccccc3)nc2-c2ccccc2)CC1. The highest BCUT2D eigenvalue weighted by Gasteiger charge is 2.17. The molecule has 2 heterocycles. The van der Waals surface area contributed by atoms with Crippen LogP contribution in [-0.2, 0) is 11.3 Å². The molecule has 29 heavy (non-hydrogen) atoms. The molecule has 0 bridgehead atoms. The Morgan fingerprint density at radius 1 is 0.966 bits per heavy atom. The highest BCUT2D eigenvalue weighted by atomic mass is 16.2. The van der Waals surface area contributed by atoms with Gasteiger partial charge in [0.25, 0.3) is 0 Å². The van der Waals surface area contributed by atoms with Gasteiger partial charge in [-0.3, -0.25) is 9.48 Å². The van der Waals surface area contributed by atoms with Gasteiger partial charge in [-0.25, -0.2) is 0 Å². The third kappa shape index (κ3) is 4.81. The first-order valence-corrected chi connectivity index (χ1v) is 10.0. The maximum Gasteiger partial charge on any atom is 0.246 e. The number of nitrogens with zero attached hydrogens (tertiary/aromatic N) is 4. The quantitative estimate of drug-likeness (QED) is 0.631. The predicted octanol–water partition coefficient (Wildman–Crippen LogP) is 3.39. The number of benzene rings is 2. The summed E-state index contributed by atoms with van der Waals surface area (Å²) in [5, 5.41) is 4.81. The lowest BCUT2D eigenvalue weighted by Gasteiger charge is -2.31. The van der Waals surface area contributed by atoms with Crippen molar-refractivity contribution in [3.05, 3.63) is 84.1 Å². The van der Waals surface area contributed by atoms with E-state index >= 15 is 0 Å². The van der Waals surface area contributed by atoms with Crippen molar-refractivity contribution in [2.45, 2.75) is 6.54 Å². The van der Waals surface area contributed by atoms with Gasteiger partial charge < -0.3 is 9.80 Å². The van der Waals surface area contributed by atoms with Gasteiger partial charge in [-0.15, -0.1) is 0 Å². The maximum absolute atomic E-state index is 12.6. The van der Waals surface area contributed by atoms with E-state index in [1.165, 1.54) is 5.56 Å². The average Bonchev–Trinajstić information content (AvgIpc) is 3.16. The van der Waals surface area contributed by atoms with Crippen molar-refractivity contribution in [2.24, 2.45) is 0 Å². The Balaban J connectivity index is 1.58. The summed E-state index contributed by atoms with van der Waals surface area (Å²) in [7, 11) is 2.09. The molecule has 1 aliphatic rings. The minimum absolute atomic E-state index is 0.0629. The van der Waals surface area contributed by atoms with Crippen molar-refractivity contribution in [1.82, 2.24) is 19.6 Å². The number of hydrogen-bond donors (Lipinski definition) is 0. The summed E-state index contributed by atoms with van der Waals surface area (Å²) in [5.41, 5.74) is 4.09. The third-order valence-corrected chi connectivity index (χ3v) is 5.25. The number of aromatic nitrogens is 2. The van der Waals surface area contributed by atoms with Crippen molar-refractivity contribution in [1.29, 1.82) is 0 Å². The molecule has 0 radical (unpaired) electrons. The van der Waals surface area contributed by atoms with Gasteiger partial charge in [0.2, 0.25) is 5.91 Å². The lowest BCUT2D eigenvalue weighted by molar-refractivity contribution is -0.127. The molecule has 1 aromatic heterocycles. The molecule has 1 fully saturated rings. The smallest absolute Gasteiger partial charge is 0.246 e. The Bertz CT molecular complexity index is 971. The number of carbonyl (C=O) groups excluding carboxylic acids is 1. The van der Waals surface area contributed by atoms with Crippen LogP contribution < -0.4 is 0 Å². The van der Waals surface area contributed by atoms with E-state index in [9.17, 15) is 4.79 Å². The normalized spacial score (nSPS) is 15.1. The molecule has 1 saturated heterocycles. The second-order valence-electron chi connectivity index (χ2n) is 7.44. The first-order chi connectivity index (χ1) is 14.2. The molecule has 0 N–H and O–H groups in total. The molecular formula is C24H26N4O. The van der Waals surface area contributed by atoms with E-state index in [0.717, 1.165) is 43.0 Å². The Morgan fingerprint density at radius 2 is 1.62 bits per heavy atom. The molecule has 0 atom stereocenters. The molecular weight excluding hydrogens is 360 g/mol. The summed E-state index contributed by atoms with van der Waals surface area (Å²) in [5.74, 6) is 0.0629. The predicted molar refractivity (Wildman–Crippen MR) is 116 cm³/mol. The molecule has 0 unspecified atom stereocenters. The summed E-state index contributed by atoms with van der Waals surface area (Å²) >= 11 is 0. The monoisotopic (exact) mass is 386 g/mol. The van der Waals surface area contributed by atoms with Crippen LogP contribution in [0.1, 0.15) is 11.1 Å². The summed E-state index contributed by atoms with van der Waals surface area (Å²) in [6.07, 6.45) is 5.60. The van der Waals surface area contributed by atoms with Crippen molar-refractivity contribution in [3.63, 3.8) is 0 Å². The van der Waals surface area contributed by atoms with Crippen LogP contribution in [0, 0.1) is 0 Å². The van der Waals surface area contributed by atoms with Crippen LogP contribution in [0.3, 0.4) is 0 Å². The van der Waals surface area contributed by atoms with E-state index in [-0.39, 0.29) is 5.91 Å². The van der Waals surface area contributed by atoms with Crippen molar-refractivity contribution in [3.8, 4) is 11.3 Å². The highest BCUT2D eigenvalue weighted by molar-refractivity contribution is 5.93. The van der Waals surface area contributed by atoms with Crippen molar-refractivity contribution in [2.75, 3.05) is 33.2 Å². The van der Waals surface area contributed by atoms with Gasteiger partial charge in [0.15, 0.2) is 0 Å². The van der Waals surface area contributed by atoms with Crippen LogP contribution in [0.5, 0.6) is 0 Å². The Hall–Kier alpha value is -3.18. The van der Waals surface area contributed by atoms with E-state index in [1.54, 1.807) is 6.08 Å². The Kier molecular flexibility index (Phi) is 5.86. The lowest BCUT2D eigenvalue weighted by atomic mass is 10.1. The standard InChI is InChI=1S/C24H26N4O/c1-26-14-16-27(17-15-26)23(29)13-12-22-19-28(18-20-8-4-2-5-9-20)25-24(22)21-10-6-3-7-11-21/h2-13,19H,14-18H2,1H3. The fourth-order valence-electron chi connectivity index (χ4n) is 3.52. The van der Waals surface area contributed by atoms with Crippen LogP contribution in [0.4, 0.5) is 0 Å². The van der Waals surface area contributed by atoms with Gasteiger partial charge in [-0.1, -0.05) is 60.7 Å². The number of carbonyl (C=O) groups is 1. The summed E-state index contributed by atoms with van der Waals surface area (Å²) in [6, 6.07) is 20.4. The number of amides is 1. The van der Waals surface area contributed by atoms with Crippen LogP contribution in [-0.4, -0.2) is 58.7 Å². The zero-order chi connectivity index (χ0) is 20.1. The number of rotatable bonds is 5. The van der Waals surface area contributed by atoms with Gasteiger partial charge in [-0.2, -0.15) is 5.10 Å². The van der Waals surface area contributed by atoms with Gasteiger partial charge in [0, 0.05) is 49.6 Å². The number of hydrogen-bond acceptors (Lipinski definition) is 3. The molecule has 0 spiro atoms. The Morgan fingerprint density at radius 3 is 2.31 bits per heavy atom. The summed E-state index contributed by atoms with van der Waals surface area (Å²) < 4.78 is 1.94. The summed E-state index contributed by atoms with van der Waals surface area (Å²) in [4.78, 5) is 16.8. The largest absolute Gasteiger partial charge is 0.337 e. The third-order valence-electron chi connectivity index (χ3n) is 5.25. The van der Waals surface area contributed by atoms with E-state index < -0.39 is 0 Å². The topological polar surface area (TPSA) is 41.4 Å². The average molecular weight is 386 g/mol. The molecule has 3 aromatic rings. The zero-order valence-corrected chi connectivity index (χ0v) is 16.7. The van der Waals surface area contributed by atoms with Crippen molar-refractivity contribution < 1.29 is 4.79 Å². The summed E-state index contributed by atoms with van der Waals surface area (Å²) in [6.45, 7) is 4.09. The lowest BCUT2D eigenvalue weighted by Crippen LogP contribution is -2.46. The van der Waals surface area contributed by atoms with Gasteiger partial charge in [0.05, 0.1) is 12.2 Å². The van der Waals surface area contributed by atoms with Gasteiger partial charge >= 0.3 is 0 Å². The zero-order valence-electron chi connectivity index (χ0n) is 16.7. The molecule has 0 aliphatic carbocycles. The fourth-order valence-corrected chi connectivity index (χ4v) is 3.52. The first kappa shape index (κ1) is 19.2. The molecule has 5 nitrogen and oxygen atoms in total. The molecule has 1 aliphatic heterocycles. The van der Waals surface area contributed by atoms with E-state index in [0.29, 0.717) is 6.54 Å². The minimum Gasteiger partial charge on any atom is -0.337 e. The highest BCUT2D eigenvalue weighted by Crippen LogP contribution is 2.23. The van der Waals surface area contributed by atoms with Crippen LogP contribution >= 0.6 is 0 Å². The molecule has 0 saturated carbocycles. The first-order valence-electron chi connectivity index (χ1n) is 10.0. The number of piperazine rings is 1. The van der Waals surface area contributed by atoms with E-state index in [4.69, 9.17) is 5.10 Å². The second-order valence-corrected chi connectivity index (χ2v) is 7.44. The minimum atomic E-state index is 0.0629. The van der Waals surface area contributed by atoms with Gasteiger partial charge in [0.1, 0.15) is 0 Å². The molecule has 1 amide bonds. The fraction of sp³-hybridized carbons (Fsp3) is 0.250. The molecule has 5 heteroatoms. The molecule has 148 valence electrons. The molecule has 2 aromatic carbocycles. The van der Waals surface area contributed by atoms with E-state index in [1.807, 2.05) is 58.3 Å². The maximum atomic E-state index is 12.6. The van der Waals surface area contributed by atoms with Crippen LogP contribution in [0.2, 0.25) is 0 Å². The van der Waals surface area contributed by atoms with Gasteiger partial charge in [-0.05, 0) is 18.7 Å². The van der Waals surface area contributed by atoms with Crippen LogP contribution in [0.25, 0.3) is 17.3 Å². The number of likely N-dealkylation sites (N-methyl/N-ethyl adjacent to an activating group) is 1. The van der Waals surface area contributed by atoms with Crippen molar-refractivity contribution >= 4 is 12.0 Å². The Labute approximate surface area is 171 Å². The second kappa shape index (κ2) is 8.88. The van der Waals surface area contributed by atoms with E-state index in [2.05, 4.69) is 36.2 Å². The molecule has 4 rings (SSSR count). The van der Waals surface area contributed by atoms with Crippen LogP contribution in [0.15, 0.2) is 72.9 Å².